The third-order valence-electron chi connectivity index (χ3n) is 13.4. The highest BCUT2D eigenvalue weighted by atomic mass is 16.4. The molecule has 4 bridgehead atoms. The second-order valence-corrected chi connectivity index (χ2v) is 19.5. The predicted molar refractivity (Wildman–Crippen MR) is 287 cm³/mol. The Bertz CT molecular complexity index is 3110. The van der Waals surface area contributed by atoms with Gasteiger partial charge in [0.05, 0.1) is 0 Å². The lowest BCUT2D eigenvalue weighted by molar-refractivity contribution is -0.142. The van der Waals surface area contributed by atoms with Crippen LogP contribution in [0.3, 0.4) is 0 Å². The number of rotatable bonds is 12. The molecule has 0 saturated heterocycles. The summed E-state index contributed by atoms with van der Waals surface area (Å²) in [5, 5.41) is 42.1. The second kappa shape index (κ2) is 24.6. The Balaban J connectivity index is 1.44. The summed E-state index contributed by atoms with van der Waals surface area (Å²) in [6, 6.07) is 17.3. The molecular formula is C56H62N10O12. The number of aromatic amines is 2. The van der Waals surface area contributed by atoms with Gasteiger partial charge in [0, 0.05) is 72.7 Å². The number of carboxylic acid groups (broad SMARTS) is 2. The Morgan fingerprint density at radius 1 is 0.487 bits per heavy atom. The number of benzene rings is 4. The van der Waals surface area contributed by atoms with Gasteiger partial charge in [0.2, 0.25) is 47.3 Å². The van der Waals surface area contributed by atoms with E-state index >= 15 is 0 Å². The molecule has 1 aliphatic heterocycles. The number of nitrogens with one attached hydrogen (secondary N) is 10. The molecule has 4 aromatic carbocycles. The lowest BCUT2D eigenvalue weighted by Gasteiger charge is -2.26. The smallest absolute Gasteiger partial charge is 0.325 e. The number of amides is 8. The molecule has 8 atom stereocenters. The zero-order valence-electron chi connectivity index (χ0n) is 43.7. The van der Waals surface area contributed by atoms with Crippen LogP contribution in [0.5, 0.6) is 0 Å². The fraction of sp³-hybridized carbons (Fsp3) is 0.321. The minimum absolute atomic E-state index is 0.194. The van der Waals surface area contributed by atoms with Gasteiger partial charge in [-0.15, -0.1) is 0 Å². The number of H-pyrrole nitrogens is 2. The van der Waals surface area contributed by atoms with Crippen LogP contribution in [0.2, 0.25) is 0 Å². The number of carboxylic acids is 2. The Hall–Kier alpha value is -9.34. The molecule has 0 spiro atoms. The maximum absolute atomic E-state index is 14.9. The topological polar surface area (TPSA) is 339 Å². The normalized spacial score (nSPS) is 18.5. The van der Waals surface area contributed by atoms with E-state index in [-0.39, 0.29) is 25.7 Å². The highest BCUT2D eigenvalue weighted by Gasteiger charge is 2.34. The van der Waals surface area contributed by atoms with Crippen molar-refractivity contribution in [3.63, 3.8) is 0 Å². The molecule has 0 saturated carbocycles. The Morgan fingerprint density at radius 3 is 1.22 bits per heavy atom. The van der Waals surface area contributed by atoms with Crippen LogP contribution in [0.25, 0.3) is 44.3 Å². The molecule has 1 aliphatic rings. The molecule has 0 radical (unpaired) electrons. The summed E-state index contributed by atoms with van der Waals surface area (Å²) in [6.45, 7) is 7.86. The van der Waals surface area contributed by atoms with E-state index < -0.39 is 108 Å². The number of aliphatic carboxylic acids is 2. The summed E-state index contributed by atoms with van der Waals surface area (Å²) in [6.07, 6.45) is -0.858. The van der Waals surface area contributed by atoms with Crippen LogP contribution < -0.4 is 42.5 Å². The van der Waals surface area contributed by atoms with Crippen LogP contribution in [0, 0.1) is 0 Å². The fourth-order valence-corrected chi connectivity index (χ4v) is 9.37. The fourth-order valence-electron chi connectivity index (χ4n) is 9.37. The lowest BCUT2D eigenvalue weighted by Crippen LogP contribution is -2.58. The van der Waals surface area contributed by atoms with Crippen molar-refractivity contribution in [3.05, 3.63) is 119 Å². The van der Waals surface area contributed by atoms with Crippen molar-refractivity contribution in [1.29, 1.82) is 0 Å². The number of carbonyl (C=O) groups is 10. The summed E-state index contributed by atoms with van der Waals surface area (Å²) in [5.74, 6) is -8.53. The second-order valence-electron chi connectivity index (χ2n) is 19.5. The van der Waals surface area contributed by atoms with Gasteiger partial charge in [0.15, 0.2) is 0 Å². The van der Waals surface area contributed by atoms with Gasteiger partial charge in [0.1, 0.15) is 48.3 Å². The minimum Gasteiger partial charge on any atom is -0.480 e. The van der Waals surface area contributed by atoms with Gasteiger partial charge in [-0.1, -0.05) is 72.8 Å². The molecule has 3 heterocycles. The summed E-state index contributed by atoms with van der Waals surface area (Å²) >= 11 is 0. The van der Waals surface area contributed by atoms with E-state index in [2.05, 4.69) is 52.5 Å². The van der Waals surface area contributed by atoms with Gasteiger partial charge in [0.25, 0.3) is 0 Å². The Morgan fingerprint density at radius 2 is 0.859 bits per heavy atom. The first-order valence-corrected chi connectivity index (χ1v) is 25.3. The largest absolute Gasteiger partial charge is 0.480 e. The Labute approximate surface area is 447 Å². The molecule has 408 valence electrons. The third-order valence-corrected chi connectivity index (χ3v) is 13.4. The maximum Gasteiger partial charge on any atom is 0.325 e. The highest BCUT2D eigenvalue weighted by Crippen LogP contribution is 2.34. The summed E-state index contributed by atoms with van der Waals surface area (Å²) in [5.41, 5.74) is 5.19. The van der Waals surface area contributed by atoms with Crippen molar-refractivity contribution in [2.75, 3.05) is 0 Å². The van der Waals surface area contributed by atoms with E-state index in [9.17, 15) is 58.2 Å². The van der Waals surface area contributed by atoms with Crippen molar-refractivity contribution in [2.24, 2.45) is 0 Å². The van der Waals surface area contributed by atoms with Gasteiger partial charge in [-0.2, -0.15) is 0 Å². The number of para-hydroxylation sites is 2. The molecule has 6 aromatic rings. The molecular weight excluding hydrogens is 1000 g/mol. The number of hydrogen-bond donors (Lipinski definition) is 12. The minimum atomic E-state index is -1.47. The Kier molecular flexibility index (Phi) is 17.7. The van der Waals surface area contributed by atoms with Gasteiger partial charge in [-0.25, -0.2) is 0 Å². The molecule has 2 aromatic heterocycles. The molecule has 8 unspecified atom stereocenters. The van der Waals surface area contributed by atoms with E-state index in [4.69, 9.17) is 0 Å². The zero-order chi connectivity index (χ0) is 56.5. The quantitative estimate of drug-likeness (QED) is 0.0838. The monoisotopic (exact) mass is 1070 g/mol. The SMILES string of the molecule is CC(=O)NC(C)C(=O)NC1Cc2cccc(c2)-c2[nH]c3ccccc3c2CC(C(=O)NC(C)C(=O)O)NC(=O)C(NC(=O)C(C)NC(C)=O)Cc2cccc(c2)-c2[nH]c3ccccc3c2CC(C(=O)NC(C)C(=O)O)NC1=O. The summed E-state index contributed by atoms with van der Waals surface area (Å²) < 4.78 is 0. The van der Waals surface area contributed by atoms with Crippen LogP contribution in [0.15, 0.2) is 97.1 Å². The highest BCUT2D eigenvalue weighted by molar-refractivity contribution is 5.99. The number of carbonyl (C=O) groups excluding carboxylic acids is 8. The summed E-state index contributed by atoms with van der Waals surface area (Å²) in [7, 11) is 0. The van der Waals surface area contributed by atoms with E-state index in [0.29, 0.717) is 66.6 Å². The first kappa shape index (κ1) is 56.4. The van der Waals surface area contributed by atoms with E-state index in [1.54, 1.807) is 97.1 Å². The van der Waals surface area contributed by atoms with Crippen molar-refractivity contribution in [1.82, 2.24) is 52.5 Å². The van der Waals surface area contributed by atoms with E-state index in [1.807, 2.05) is 0 Å². The molecule has 0 fully saturated rings. The van der Waals surface area contributed by atoms with Crippen LogP contribution in [0.1, 0.15) is 63.8 Å². The van der Waals surface area contributed by atoms with Crippen molar-refractivity contribution >= 4 is 81.0 Å². The van der Waals surface area contributed by atoms with Gasteiger partial charge in [-0.3, -0.25) is 47.9 Å². The lowest BCUT2D eigenvalue weighted by atomic mass is 9.94. The van der Waals surface area contributed by atoms with Gasteiger partial charge < -0.3 is 62.7 Å². The molecule has 22 nitrogen and oxygen atoms in total. The van der Waals surface area contributed by atoms with Crippen molar-refractivity contribution in [2.45, 2.75) is 116 Å². The molecule has 7 rings (SSSR count). The molecule has 22 heteroatoms. The van der Waals surface area contributed by atoms with Gasteiger partial charge >= 0.3 is 11.9 Å². The number of fused-ring (bicyclic) bond motifs is 12. The van der Waals surface area contributed by atoms with Crippen LogP contribution in [-0.2, 0) is 73.6 Å². The average molecular weight is 1070 g/mol. The molecule has 0 aliphatic carbocycles. The predicted octanol–water partition coefficient (Wildman–Crippen LogP) is 2.03. The maximum atomic E-state index is 14.9. The molecule has 8 amide bonds. The standard InChI is InChI=1S/C56H62N10O12/c1-27(57-31(5)67)49(69)63-43-23-33-13-11-15-35(21-33)47-40(38-18-8-10-20-42(38)61-47)26-46(52(72)60-30(4)56(77)78)66-54(74)44(64-50(70)28(2)58-32(6)68)24-34-14-12-16-36(22-34)48-39(37-17-7-9-19-41(37)62-48)25-45(65-53(43)73)51(71)59-29(3)55(75)76/h7-22,27-30,43-46,61-62H,23-26H2,1-6H3,(H,57,67)(H,58,68)(H,59,71)(H,60,72)(H,63,69)(H,64,70)(H,65,73)(H,66,74)(H,75,76)(H,77,78). The summed E-state index contributed by atoms with van der Waals surface area (Å²) in [4.78, 5) is 141. The molecule has 78 heavy (non-hydrogen) atoms. The first-order valence-electron chi connectivity index (χ1n) is 25.3. The first-order chi connectivity index (χ1) is 37.1. The average Bonchev–Trinajstić information content (AvgIpc) is 3.95. The molecule has 12 N–H and O–H groups in total. The third kappa shape index (κ3) is 13.7. The van der Waals surface area contributed by atoms with Crippen LogP contribution in [-0.4, -0.2) is 128 Å². The van der Waals surface area contributed by atoms with Crippen molar-refractivity contribution < 1.29 is 58.2 Å². The number of hydrogen-bond acceptors (Lipinski definition) is 10. The van der Waals surface area contributed by atoms with Crippen molar-refractivity contribution in [3.8, 4) is 22.5 Å². The zero-order valence-corrected chi connectivity index (χ0v) is 43.7. The van der Waals surface area contributed by atoms with E-state index in [0.717, 1.165) is 0 Å². The van der Waals surface area contributed by atoms with Gasteiger partial charge in [-0.05, 0) is 85.3 Å². The van der Waals surface area contributed by atoms with Crippen LogP contribution in [0.4, 0.5) is 0 Å². The van der Waals surface area contributed by atoms with Crippen LogP contribution >= 0.6 is 0 Å². The van der Waals surface area contributed by atoms with E-state index in [1.165, 1.54) is 41.5 Å². The number of aromatic nitrogens is 2.